The van der Waals surface area contributed by atoms with Gasteiger partial charge in [-0.1, -0.05) is 15.9 Å². The highest BCUT2D eigenvalue weighted by Gasteiger charge is 2.32. The van der Waals surface area contributed by atoms with E-state index in [1.54, 1.807) is 42.5 Å². The molecule has 3 rings (SSSR count). The number of hydrogen-bond donors (Lipinski definition) is 0. The fourth-order valence-corrected chi connectivity index (χ4v) is 4.42. The highest BCUT2D eigenvalue weighted by Crippen LogP contribution is 2.31. The minimum atomic E-state index is -3.32. The summed E-state index contributed by atoms with van der Waals surface area (Å²) in [6.07, 6.45) is 1.54. The Morgan fingerprint density at radius 2 is 1.74 bits per heavy atom. The van der Waals surface area contributed by atoms with Gasteiger partial charge in [0, 0.05) is 21.1 Å². The Bertz CT molecular complexity index is 986. The molecule has 27 heavy (non-hydrogen) atoms. The third-order valence-electron chi connectivity index (χ3n) is 4.20. The molecule has 1 heterocycles. The van der Waals surface area contributed by atoms with E-state index >= 15 is 0 Å². The lowest BCUT2D eigenvalue weighted by atomic mass is 10.1. The first-order chi connectivity index (χ1) is 12.8. The summed E-state index contributed by atoms with van der Waals surface area (Å²) in [6.45, 7) is 0. The van der Waals surface area contributed by atoms with Crippen LogP contribution in [0, 0.1) is 0 Å². The third-order valence-corrected chi connectivity index (χ3v) is 6.10. The maximum atomic E-state index is 13.3. The topological polar surface area (TPSA) is 72.9 Å². The van der Waals surface area contributed by atoms with Crippen LogP contribution in [0.5, 0.6) is 11.5 Å². The van der Waals surface area contributed by atoms with Crippen LogP contribution in [0.15, 0.2) is 58.4 Å². The number of carbonyl (C=O) groups excluding carboxylic acids is 1. The van der Waals surface area contributed by atoms with Gasteiger partial charge in [0.1, 0.15) is 0 Å². The Morgan fingerprint density at radius 1 is 1.07 bits per heavy atom. The van der Waals surface area contributed by atoms with Crippen LogP contribution in [0.25, 0.3) is 0 Å². The number of hydrogen-bond acceptors (Lipinski definition) is 5. The molecular weight excluding hydrogens is 434 g/mol. The number of methoxy groups -OCH3 is 2. The number of ether oxygens (including phenoxy) is 2. The molecular formula is C19H18BrNO5S. The van der Waals surface area contributed by atoms with Gasteiger partial charge in [0.2, 0.25) is 0 Å². The maximum absolute atomic E-state index is 13.3. The largest absolute Gasteiger partial charge is 0.493 e. The van der Waals surface area contributed by atoms with Gasteiger partial charge in [0.05, 0.1) is 26.0 Å². The number of sulfone groups is 1. The molecule has 1 atom stereocenters. The molecule has 0 spiro atoms. The number of carbonyl (C=O) groups is 1. The van der Waals surface area contributed by atoms with Gasteiger partial charge in [-0.2, -0.15) is 0 Å². The summed E-state index contributed by atoms with van der Waals surface area (Å²) in [5.41, 5.74) is 0.970. The van der Waals surface area contributed by atoms with E-state index in [4.69, 9.17) is 9.47 Å². The number of benzene rings is 2. The lowest BCUT2D eigenvalue weighted by Gasteiger charge is -2.28. The van der Waals surface area contributed by atoms with E-state index in [2.05, 4.69) is 15.9 Å². The van der Waals surface area contributed by atoms with Gasteiger partial charge in [-0.3, -0.25) is 4.79 Å². The third kappa shape index (κ3) is 4.17. The number of nitrogens with zero attached hydrogens (tertiary/aromatic N) is 1. The highest BCUT2D eigenvalue weighted by atomic mass is 79.9. The van der Waals surface area contributed by atoms with Crippen LogP contribution in [-0.2, 0) is 9.84 Å². The molecule has 0 aliphatic carbocycles. The van der Waals surface area contributed by atoms with Gasteiger partial charge < -0.3 is 14.4 Å². The molecule has 142 valence electrons. The van der Waals surface area contributed by atoms with Crippen molar-refractivity contribution in [2.75, 3.05) is 24.9 Å². The molecule has 0 bridgehead atoms. The van der Waals surface area contributed by atoms with Crippen LogP contribution < -0.4 is 14.4 Å². The van der Waals surface area contributed by atoms with E-state index in [0.29, 0.717) is 22.7 Å². The molecule has 0 aromatic heterocycles. The first-order valence-electron chi connectivity index (χ1n) is 8.07. The molecule has 0 unspecified atom stereocenters. The lowest BCUT2D eigenvalue weighted by molar-refractivity contribution is 0.0982. The second-order valence-electron chi connectivity index (χ2n) is 5.95. The molecule has 2 aromatic carbocycles. The Labute approximate surface area is 166 Å². The molecule has 1 amide bonds. The van der Waals surface area contributed by atoms with E-state index < -0.39 is 15.9 Å². The number of amides is 1. The molecule has 0 saturated carbocycles. The van der Waals surface area contributed by atoms with Gasteiger partial charge in [-0.25, -0.2) is 8.42 Å². The molecule has 0 fully saturated rings. The van der Waals surface area contributed by atoms with Crippen molar-refractivity contribution in [1.82, 2.24) is 0 Å². The van der Waals surface area contributed by atoms with Crippen molar-refractivity contribution in [1.29, 1.82) is 0 Å². The molecule has 2 aromatic rings. The van der Waals surface area contributed by atoms with Crippen molar-refractivity contribution < 1.29 is 22.7 Å². The first kappa shape index (κ1) is 19.4. The molecule has 0 radical (unpaired) electrons. The molecule has 0 N–H and O–H groups in total. The summed E-state index contributed by atoms with van der Waals surface area (Å²) < 4.78 is 35.2. The van der Waals surface area contributed by atoms with Crippen molar-refractivity contribution in [3.05, 3.63) is 64.0 Å². The predicted molar refractivity (Wildman–Crippen MR) is 107 cm³/mol. The molecule has 8 heteroatoms. The monoisotopic (exact) mass is 451 g/mol. The fourth-order valence-electron chi connectivity index (χ4n) is 2.89. The van der Waals surface area contributed by atoms with Crippen LogP contribution in [0.1, 0.15) is 10.4 Å². The minimum Gasteiger partial charge on any atom is -0.493 e. The van der Waals surface area contributed by atoms with Crippen LogP contribution >= 0.6 is 15.9 Å². The summed E-state index contributed by atoms with van der Waals surface area (Å²) in [4.78, 5) is 14.8. The molecule has 1 aliphatic heterocycles. The van der Waals surface area contributed by atoms with E-state index in [1.807, 2.05) is 0 Å². The summed E-state index contributed by atoms with van der Waals surface area (Å²) in [5, 5.41) is 1.16. The highest BCUT2D eigenvalue weighted by molar-refractivity contribution is 9.10. The van der Waals surface area contributed by atoms with Crippen molar-refractivity contribution in [3.8, 4) is 11.5 Å². The van der Waals surface area contributed by atoms with E-state index in [-0.39, 0.29) is 11.7 Å². The van der Waals surface area contributed by atoms with Crippen molar-refractivity contribution in [3.63, 3.8) is 0 Å². The lowest BCUT2D eigenvalue weighted by Crippen LogP contribution is -2.41. The minimum absolute atomic E-state index is 0.151. The summed E-state index contributed by atoms with van der Waals surface area (Å²) in [5.74, 6) is 0.452. The van der Waals surface area contributed by atoms with Crippen LogP contribution in [0.2, 0.25) is 0 Å². The standard InChI is InChI=1S/C19H18BrNO5S/c1-25-17-8-3-13(11-18(17)26-2)19(22)21(15-6-4-14(20)5-7-15)16-9-10-27(23,24)12-16/h3-11,16H,12H2,1-2H3/t16-/m0/s1. The SMILES string of the molecule is COc1ccc(C(=O)N(c2ccc(Br)cc2)[C@H]2C=CS(=O)(=O)C2)cc1OC. The average Bonchev–Trinajstić information content (AvgIpc) is 3.02. The van der Waals surface area contributed by atoms with Crippen molar-refractivity contribution >= 4 is 37.4 Å². The quantitative estimate of drug-likeness (QED) is 0.695. The van der Waals surface area contributed by atoms with Crippen molar-refractivity contribution in [2.24, 2.45) is 0 Å². The second kappa shape index (κ2) is 7.74. The van der Waals surface area contributed by atoms with Gasteiger partial charge in [0.25, 0.3) is 5.91 Å². The zero-order valence-corrected chi connectivity index (χ0v) is 17.2. The molecule has 6 nitrogen and oxygen atoms in total. The Morgan fingerprint density at radius 3 is 2.30 bits per heavy atom. The van der Waals surface area contributed by atoms with E-state index in [0.717, 1.165) is 9.88 Å². The summed E-state index contributed by atoms with van der Waals surface area (Å²) >= 11 is 3.37. The van der Waals surface area contributed by atoms with Crippen LogP contribution in [0.3, 0.4) is 0 Å². The normalized spacial score (nSPS) is 17.5. The van der Waals surface area contributed by atoms with E-state index in [9.17, 15) is 13.2 Å². The Kier molecular flexibility index (Phi) is 5.57. The summed E-state index contributed by atoms with van der Waals surface area (Å²) in [7, 11) is -0.318. The zero-order valence-electron chi connectivity index (χ0n) is 14.8. The van der Waals surface area contributed by atoms with Crippen LogP contribution in [0.4, 0.5) is 5.69 Å². The van der Waals surface area contributed by atoms with Crippen LogP contribution in [-0.4, -0.2) is 40.3 Å². The molecule has 0 saturated heterocycles. The maximum Gasteiger partial charge on any atom is 0.258 e. The average molecular weight is 452 g/mol. The smallest absolute Gasteiger partial charge is 0.258 e. The fraction of sp³-hybridized carbons (Fsp3) is 0.211. The second-order valence-corrected chi connectivity index (χ2v) is 8.79. The summed E-state index contributed by atoms with van der Waals surface area (Å²) in [6, 6.07) is 11.4. The van der Waals surface area contributed by atoms with E-state index in [1.165, 1.54) is 25.2 Å². The van der Waals surface area contributed by atoms with Gasteiger partial charge >= 0.3 is 0 Å². The van der Waals surface area contributed by atoms with Crippen molar-refractivity contribution in [2.45, 2.75) is 6.04 Å². The number of halogens is 1. The Hall–Kier alpha value is -2.32. The number of rotatable bonds is 5. The molecule has 1 aliphatic rings. The van der Waals surface area contributed by atoms with Gasteiger partial charge in [-0.15, -0.1) is 0 Å². The zero-order chi connectivity index (χ0) is 19.6. The first-order valence-corrected chi connectivity index (χ1v) is 10.6. The Balaban J connectivity index is 2.03. The van der Waals surface area contributed by atoms with Gasteiger partial charge in [0.15, 0.2) is 21.3 Å². The predicted octanol–water partition coefficient (Wildman–Crippen LogP) is 3.42. The van der Waals surface area contributed by atoms with Gasteiger partial charge in [-0.05, 0) is 48.5 Å². The number of anilines is 1.